The molecule has 3 atom stereocenters. The molecule has 0 bridgehead atoms. The van der Waals surface area contributed by atoms with E-state index in [1.165, 1.54) is 23.1 Å². The number of halogens is 1. The number of nitrogens with zero attached hydrogens (tertiary/aromatic N) is 1. The van der Waals surface area contributed by atoms with E-state index in [4.69, 9.17) is 9.47 Å². The van der Waals surface area contributed by atoms with Crippen LogP contribution in [-0.2, 0) is 35.1 Å². The van der Waals surface area contributed by atoms with Gasteiger partial charge in [-0.25, -0.2) is 4.79 Å². The van der Waals surface area contributed by atoms with Gasteiger partial charge in [0.25, 0.3) is 12.3 Å². The first-order chi connectivity index (χ1) is 19.3. The molecule has 2 amide bonds. The van der Waals surface area contributed by atoms with Crippen molar-refractivity contribution in [2.24, 2.45) is 0 Å². The van der Waals surface area contributed by atoms with Crippen molar-refractivity contribution in [3.05, 3.63) is 105 Å². The summed E-state index contributed by atoms with van der Waals surface area (Å²) in [6.45, 7) is 1.05. The third-order valence-electron chi connectivity index (χ3n) is 6.40. The molecule has 2 aliphatic heterocycles. The minimum Gasteiger partial charge on any atom is -0.448 e. The van der Waals surface area contributed by atoms with Gasteiger partial charge in [0, 0.05) is 23.1 Å². The van der Waals surface area contributed by atoms with E-state index in [-0.39, 0.29) is 29.4 Å². The molecule has 8 nitrogen and oxygen atoms in total. The topological polar surface area (TPSA) is 102 Å². The molecule has 1 unspecified atom stereocenters. The normalized spacial score (nSPS) is 19.0. The van der Waals surface area contributed by atoms with Crippen molar-refractivity contribution in [2.75, 3.05) is 5.75 Å². The van der Waals surface area contributed by atoms with E-state index < -0.39 is 41.7 Å². The zero-order valence-electron chi connectivity index (χ0n) is 21.3. The number of esters is 2. The lowest BCUT2D eigenvalue weighted by Gasteiger charge is -2.49. The summed E-state index contributed by atoms with van der Waals surface area (Å²) >= 11 is 2.60. The van der Waals surface area contributed by atoms with Crippen molar-refractivity contribution in [3.8, 4) is 0 Å². The third kappa shape index (κ3) is 5.80. The van der Waals surface area contributed by atoms with Gasteiger partial charge in [-0.3, -0.25) is 19.3 Å². The van der Waals surface area contributed by atoms with Crippen LogP contribution >= 0.6 is 23.1 Å². The fourth-order valence-corrected chi connectivity index (χ4v) is 6.62. The average molecular weight is 581 g/mol. The Balaban J connectivity index is 1.43. The number of β-lactam (4-membered cyclic amide) rings is 1. The maximum Gasteiger partial charge on any atom is 0.356 e. The van der Waals surface area contributed by atoms with Crippen LogP contribution in [0.15, 0.2) is 89.4 Å². The Morgan fingerprint density at radius 3 is 2.23 bits per heavy atom. The zero-order valence-corrected chi connectivity index (χ0v) is 23.0. The number of thiophene rings is 1. The van der Waals surface area contributed by atoms with E-state index in [1.54, 1.807) is 48.5 Å². The number of benzene rings is 2. The molecule has 0 saturated carbocycles. The Hall–Kier alpha value is -3.96. The molecule has 5 rings (SSSR count). The molecule has 206 valence electrons. The minimum absolute atomic E-state index is 0.0496. The first kappa shape index (κ1) is 27.6. The summed E-state index contributed by atoms with van der Waals surface area (Å²) in [5.74, 6) is -2.78. The second-order valence-corrected chi connectivity index (χ2v) is 11.3. The summed E-state index contributed by atoms with van der Waals surface area (Å²) in [6.07, 6.45) is -2.98. The molecular weight excluding hydrogens is 555 g/mol. The van der Waals surface area contributed by atoms with Crippen LogP contribution in [0.4, 0.5) is 4.39 Å². The van der Waals surface area contributed by atoms with Crippen molar-refractivity contribution in [1.82, 2.24) is 10.2 Å². The van der Waals surface area contributed by atoms with Gasteiger partial charge in [0.1, 0.15) is 17.1 Å². The number of amides is 2. The molecule has 40 heavy (non-hydrogen) atoms. The van der Waals surface area contributed by atoms with Gasteiger partial charge in [-0.2, -0.15) is 4.39 Å². The summed E-state index contributed by atoms with van der Waals surface area (Å²) in [5, 5.41) is 3.94. The Morgan fingerprint density at radius 2 is 1.65 bits per heavy atom. The highest BCUT2D eigenvalue weighted by molar-refractivity contribution is 8.00. The predicted octanol–water partition coefficient (Wildman–Crippen LogP) is 4.14. The van der Waals surface area contributed by atoms with E-state index >= 15 is 4.39 Å². The number of carbonyl (C=O) groups excluding carboxylic acids is 4. The molecule has 11 heteroatoms. The predicted molar refractivity (Wildman–Crippen MR) is 148 cm³/mol. The molecule has 1 N–H and O–H groups in total. The van der Waals surface area contributed by atoms with Crippen LogP contribution in [0.1, 0.15) is 29.0 Å². The van der Waals surface area contributed by atoms with E-state index in [0.717, 1.165) is 16.7 Å². The van der Waals surface area contributed by atoms with Crippen molar-refractivity contribution in [2.45, 2.75) is 37.2 Å². The van der Waals surface area contributed by atoms with Gasteiger partial charge in [-0.15, -0.1) is 23.1 Å². The van der Waals surface area contributed by atoms with E-state index in [2.05, 4.69) is 5.32 Å². The van der Waals surface area contributed by atoms with Crippen molar-refractivity contribution in [3.63, 3.8) is 0 Å². The quantitative estimate of drug-likeness (QED) is 0.300. The molecule has 0 radical (unpaired) electrons. The van der Waals surface area contributed by atoms with E-state index in [1.807, 2.05) is 29.6 Å². The molecule has 1 saturated heterocycles. The van der Waals surface area contributed by atoms with Gasteiger partial charge in [-0.1, -0.05) is 66.7 Å². The standard InChI is InChI=1S/C29H25FN2O6S2/c1-17(33)37-26(30)21-16-40-28-23(31-22(34)15-20-13-8-14-39-20)27(35)32(28)24(21)29(36)38-25(18-9-4-2-5-10-18)19-11-6-3-7-12-19/h2-14,23,25-26,28H,15-16H2,1H3,(H,31,34)/t23-,26?,28+/m1/s1. The van der Waals surface area contributed by atoms with Crippen molar-refractivity contribution in [1.29, 1.82) is 0 Å². The average Bonchev–Trinajstić information content (AvgIpc) is 3.47. The number of alkyl halides is 1. The molecule has 1 fully saturated rings. The van der Waals surface area contributed by atoms with Gasteiger partial charge in [0.2, 0.25) is 5.91 Å². The Bertz CT molecular complexity index is 1390. The van der Waals surface area contributed by atoms with Crippen LogP contribution in [0, 0.1) is 0 Å². The monoisotopic (exact) mass is 580 g/mol. The molecule has 2 aliphatic rings. The van der Waals surface area contributed by atoms with Gasteiger partial charge in [0.05, 0.1) is 6.42 Å². The lowest BCUT2D eigenvalue weighted by atomic mass is 10.0. The Morgan fingerprint density at radius 1 is 1.00 bits per heavy atom. The second kappa shape index (κ2) is 12.1. The first-order valence-corrected chi connectivity index (χ1v) is 14.4. The number of hydrogen-bond donors (Lipinski definition) is 1. The van der Waals surface area contributed by atoms with Crippen molar-refractivity contribution >= 4 is 46.9 Å². The molecule has 0 aliphatic carbocycles. The smallest absolute Gasteiger partial charge is 0.356 e. The molecule has 1 aromatic heterocycles. The van der Waals surface area contributed by atoms with E-state index in [0.29, 0.717) is 11.1 Å². The van der Waals surface area contributed by atoms with Gasteiger partial charge in [0.15, 0.2) is 6.10 Å². The Kier molecular flexibility index (Phi) is 8.32. The molecule has 2 aromatic carbocycles. The number of rotatable bonds is 9. The van der Waals surface area contributed by atoms with Gasteiger partial charge in [-0.05, 0) is 22.6 Å². The fraction of sp³-hybridized carbons (Fsp3) is 0.241. The Labute approximate surface area is 238 Å². The molecule has 3 aromatic rings. The summed E-state index contributed by atoms with van der Waals surface area (Å²) in [4.78, 5) is 53.1. The largest absolute Gasteiger partial charge is 0.448 e. The summed E-state index contributed by atoms with van der Waals surface area (Å²) in [5.41, 5.74) is 0.855. The van der Waals surface area contributed by atoms with Crippen LogP contribution < -0.4 is 5.32 Å². The summed E-state index contributed by atoms with van der Waals surface area (Å²) < 4.78 is 25.9. The fourth-order valence-electron chi connectivity index (χ4n) is 4.57. The maximum atomic E-state index is 15.2. The van der Waals surface area contributed by atoms with Crippen LogP contribution in [0.5, 0.6) is 0 Å². The van der Waals surface area contributed by atoms with Crippen LogP contribution in [0.25, 0.3) is 0 Å². The summed E-state index contributed by atoms with van der Waals surface area (Å²) in [7, 11) is 0. The minimum atomic E-state index is -2.25. The highest BCUT2D eigenvalue weighted by Gasteiger charge is 2.55. The van der Waals surface area contributed by atoms with Gasteiger partial charge < -0.3 is 14.8 Å². The van der Waals surface area contributed by atoms with E-state index in [9.17, 15) is 19.2 Å². The van der Waals surface area contributed by atoms with Gasteiger partial charge >= 0.3 is 11.9 Å². The zero-order chi connectivity index (χ0) is 28.2. The van der Waals surface area contributed by atoms with Crippen LogP contribution in [-0.4, -0.2) is 52.2 Å². The number of fused-ring (bicyclic) bond motifs is 1. The van der Waals surface area contributed by atoms with Crippen LogP contribution in [0.2, 0.25) is 0 Å². The number of thioether (sulfide) groups is 1. The lowest BCUT2D eigenvalue weighted by molar-refractivity contribution is -0.157. The highest BCUT2D eigenvalue weighted by atomic mass is 32.2. The number of carbonyl (C=O) groups is 4. The molecule has 3 heterocycles. The summed E-state index contributed by atoms with van der Waals surface area (Å²) in [6, 6.07) is 20.8. The van der Waals surface area contributed by atoms with Crippen LogP contribution in [0.3, 0.4) is 0 Å². The highest BCUT2D eigenvalue weighted by Crippen LogP contribution is 2.43. The molecule has 0 spiro atoms. The molecular formula is C29H25FN2O6S2. The number of hydrogen-bond acceptors (Lipinski definition) is 8. The maximum absolute atomic E-state index is 15.2. The SMILES string of the molecule is CC(=O)OC(F)C1=C(C(=O)OC(c2ccccc2)c2ccccc2)N2C(=O)[C@@H](NC(=O)Cc3cccs3)[C@@H]2SC1. The third-order valence-corrected chi connectivity index (χ3v) is 8.57. The number of ether oxygens (including phenoxy) is 2. The lowest BCUT2D eigenvalue weighted by Crippen LogP contribution is -2.71. The van der Waals surface area contributed by atoms with Crippen molar-refractivity contribution < 1.29 is 33.0 Å². The second-order valence-electron chi connectivity index (χ2n) is 9.12. The number of nitrogens with one attached hydrogen (secondary N) is 1. The first-order valence-electron chi connectivity index (χ1n) is 12.4.